The lowest BCUT2D eigenvalue weighted by atomic mass is 9.80. The van der Waals surface area contributed by atoms with Crippen LogP contribution in [0.3, 0.4) is 0 Å². The molecule has 0 aliphatic carbocycles. The van der Waals surface area contributed by atoms with E-state index in [4.69, 9.17) is 4.74 Å². The third-order valence-corrected chi connectivity index (χ3v) is 3.57. The number of anilines is 1. The monoisotopic (exact) mass is 257 g/mol. The molecular weight excluding hydrogens is 247 g/mol. The van der Waals surface area contributed by atoms with Gasteiger partial charge in [0.25, 0.3) is 0 Å². The molecule has 1 unspecified atom stereocenters. The Morgan fingerprint density at radius 1 is 1.33 bits per heavy atom. The second-order valence-corrected chi connectivity index (χ2v) is 4.60. The molecule has 0 saturated carbocycles. The van der Waals surface area contributed by atoms with E-state index in [0.29, 0.717) is 24.3 Å². The molecule has 3 rings (SSSR count). The second kappa shape index (κ2) is 3.47. The van der Waals surface area contributed by atoms with Crippen LogP contribution in [-0.2, 0) is 21.1 Å². The maximum atomic E-state index is 12.7. The molecule has 1 N–H and O–H groups in total. The Morgan fingerprint density at radius 3 is 2.72 bits per heavy atom. The lowest BCUT2D eigenvalue weighted by Gasteiger charge is -2.19. The lowest BCUT2D eigenvalue weighted by molar-refractivity contribution is -0.137. The standard InChI is InChI=1S/C12H10F3NO2/c13-12(14,15)7-1-2-9-8(5-7)11(10(17)16-9)3-4-18-6-11/h1-2,5H,3-4,6H2,(H,16,17). The Balaban J connectivity index is 2.14. The third kappa shape index (κ3) is 1.45. The number of amides is 1. The fraction of sp³-hybridized carbons (Fsp3) is 0.417. The van der Waals surface area contributed by atoms with E-state index < -0.39 is 17.2 Å². The number of hydrogen-bond donors (Lipinski definition) is 1. The maximum absolute atomic E-state index is 12.7. The normalized spacial score (nSPS) is 26.5. The van der Waals surface area contributed by atoms with Crippen LogP contribution in [0.15, 0.2) is 18.2 Å². The molecule has 1 aromatic rings. The molecule has 1 amide bonds. The van der Waals surface area contributed by atoms with Crippen LogP contribution >= 0.6 is 0 Å². The number of hydrogen-bond acceptors (Lipinski definition) is 2. The highest BCUT2D eigenvalue weighted by molar-refractivity contribution is 6.06. The van der Waals surface area contributed by atoms with E-state index in [1.165, 1.54) is 6.07 Å². The van der Waals surface area contributed by atoms with Gasteiger partial charge in [-0.3, -0.25) is 4.79 Å². The maximum Gasteiger partial charge on any atom is 0.416 e. The zero-order valence-electron chi connectivity index (χ0n) is 9.30. The van der Waals surface area contributed by atoms with Gasteiger partial charge in [-0.1, -0.05) is 0 Å². The molecule has 6 heteroatoms. The van der Waals surface area contributed by atoms with Gasteiger partial charge in [-0.2, -0.15) is 13.2 Å². The molecule has 1 atom stereocenters. The summed E-state index contributed by atoms with van der Waals surface area (Å²) < 4.78 is 43.3. The average Bonchev–Trinajstić information content (AvgIpc) is 2.87. The molecule has 1 fully saturated rings. The van der Waals surface area contributed by atoms with E-state index in [-0.39, 0.29) is 12.5 Å². The van der Waals surface area contributed by atoms with Crippen molar-refractivity contribution in [1.29, 1.82) is 0 Å². The molecule has 1 spiro atoms. The first kappa shape index (κ1) is 11.5. The summed E-state index contributed by atoms with van der Waals surface area (Å²) in [4.78, 5) is 11.9. The van der Waals surface area contributed by atoms with E-state index in [9.17, 15) is 18.0 Å². The van der Waals surface area contributed by atoms with Crippen molar-refractivity contribution in [3.63, 3.8) is 0 Å². The molecule has 18 heavy (non-hydrogen) atoms. The van der Waals surface area contributed by atoms with E-state index >= 15 is 0 Å². The largest absolute Gasteiger partial charge is 0.416 e. The van der Waals surface area contributed by atoms with Crippen molar-refractivity contribution in [2.75, 3.05) is 18.5 Å². The average molecular weight is 257 g/mol. The Morgan fingerprint density at radius 2 is 2.11 bits per heavy atom. The zero-order chi connectivity index (χ0) is 13.0. The van der Waals surface area contributed by atoms with Crippen LogP contribution < -0.4 is 5.32 Å². The molecule has 0 aromatic heterocycles. The number of rotatable bonds is 0. The lowest BCUT2D eigenvalue weighted by Crippen LogP contribution is -2.34. The summed E-state index contributed by atoms with van der Waals surface area (Å²) in [7, 11) is 0. The molecule has 3 nitrogen and oxygen atoms in total. The molecule has 1 aromatic carbocycles. The topological polar surface area (TPSA) is 38.3 Å². The van der Waals surface area contributed by atoms with Crippen LogP contribution in [0, 0.1) is 0 Å². The highest BCUT2D eigenvalue weighted by atomic mass is 19.4. The minimum atomic E-state index is -4.40. The number of nitrogens with one attached hydrogen (secondary N) is 1. The first-order chi connectivity index (χ1) is 8.43. The number of alkyl halides is 3. The SMILES string of the molecule is O=C1Nc2ccc(C(F)(F)F)cc2C12CCOC2. The number of ether oxygens (including phenoxy) is 1. The third-order valence-electron chi connectivity index (χ3n) is 3.57. The molecule has 2 aliphatic rings. The van der Waals surface area contributed by atoms with Gasteiger partial charge in [-0.15, -0.1) is 0 Å². The van der Waals surface area contributed by atoms with E-state index in [1.54, 1.807) is 0 Å². The van der Waals surface area contributed by atoms with E-state index in [0.717, 1.165) is 12.1 Å². The van der Waals surface area contributed by atoms with Gasteiger partial charge >= 0.3 is 6.18 Å². The molecule has 2 aliphatic heterocycles. The number of carbonyl (C=O) groups excluding carboxylic acids is 1. The van der Waals surface area contributed by atoms with Crippen LogP contribution in [0.2, 0.25) is 0 Å². The van der Waals surface area contributed by atoms with Gasteiger partial charge in [0.15, 0.2) is 0 Å². The van der Waals surface area contributed by atoms with Gasteiger partial charge in [0, 0.05) is 12.3 Å². The van der Waals surface area contributed by atoms with Crippen LogP contribution in [0.5, 0.6) is 0 Å². The number of halogens is 3. The Kier molecular flexibility index (Phi) is 2.22. The molecule has 96 valence electrons. The summed E-state index contributed by atoms with van der Waals surface area (Å²) in [6, 6.07) is 3.35. The van der Waals surface area contributed by atoms with E-state index in [1.807, 2.05) is 0 Å². The highest BCUT2D eigenvalue weighted by Gasteiger charge is 2.50. The van der Waals surface area contributed by atoms with Crippen LogP contribution in [-0.4, -0.2) is 19.1 Å². The van der Waals surface area contributed by atoms with Crippen LogP contribution in [0.1, 0.15) is 17.5 Å². The van der Waals surface area contributed by atoms with Gasteiger partial charge in [0.2, 0.25) is 5.91 Å². The summed E-state index contributed by atoms with van der Waals surface area (Å²) in [6.07, 6.45) is -3.98. The number of carbonyl (C=O) groups is 1. The smallest absolute Gasteiger partial charge is 0.380 e. The number of benzene rings is 1. The molecule has 0 bridgehead atoms. The minimum absolute atomic E-state index is 0.146. The fourth-order valence-corrected chi connectivity index (χ4v) is 2.55. The summed E-state index contributed by atoms with van der Waals surface area (Å²) in [5.41, 5.74) is -0.807. The first-order valence-corrected chi connectivity index (χ1v) is 5.54. The summed E-state index contributed by atoms with van der Waals surface area (Å²) >= 11 is 0. The fourth-order valence-electron chi connectivity index (χ4n) is 2.55. The van der Waals surface area contributed by atoms with Gasteiger partial charge in [-0.25, -0.2) is 0 Å². The predicted molar refractivity (Wildman–Crippen MR) is 57.2 cm³/mol. The van der Waals surface area contributed by atoms with Crippen molar-refractivity contribution in [3.8, 4) is 0 Å². The van der Waals surface area contributed by atoms with Crippen molar-refractivity contribution in [2.45, 2.75) is 18.0 Å². The van der Waals surface area contributed by atoms with Crippen LogP contribution in [0.4, 0.5) is 18.9 Å². The summed E-state index contributed by atoms with van der Waals surface area (Å²) in [5, 5.41) is 2.62. The highest BCUT2D eigenvalue weighted by Crippen LogP contribution is 2.45. The molecule has 1 saturated heterocycles. The van der Waals surface area contributed by atoms with E-state index in [2.05, 4.69) is 5.32 Å². The zero-order valence-corrected chi connectivity index (χ0v) is 9.30. The molecule has 0 radical (unpaired) electrons. The van der Waals surface area contributed by atoms with Crippen molar-refractivity contribution in [3.05, 3.63) is 29.3 Å². The summed E-state index contributed by atoms with van der Waals surface area (Å²) in [5.74, 6) is -0.269. The summed E-state index contributed by atoms with van der Waals surface area (Å²) in [6.45, 7) is 0.538. The second-order valence-electron chi connectivity index (χ2n) is 4.60. The quantitative estimate of drug-likeness (QED) is 0.774. The van der Waals surface area contributed by atoms with Crippen molar-refractivity contribution >= 4 is 11.6 Å². The first-order valence-electron chi connectivity index (χ1n) is 5.54. The number of fused-ring (bicyclic) bond motifs is 2. The van der Waals surface area contributed by atoms with Crippen LogP contribution in [0.25, 0.3) is 0 Å². The Hall–Kier alpha value is -1.56. The van der Waals surface area contributed by atoms with Crippen molar-refractivity contribution in [1.82, 2.24) is 0 Å². The van der Waals surface area contributed by atoms with Gasteiger partial charge in [0.05, 0.1) is 12.2 Å². The molecule has 2 heterocycles. The van der Waals surface area contributed by atoms with Gasteiger partial charge < -0.3 is 10.1 Å². The van der Waals surface area contributed by atoms with Crippen molar-refractivity contribution in [2.24, 2.45) is 0 Å². The predicted octanol–water partition coefficient (Wildman–Crippen LogP) is 2.32. The minimum Gasteiger partial charge on any atom is -0.380 e. The Bertz CT molecular complexity index is 519. The van der Waals surface area contributed by atoms with Gasteiger partial charge in [-0.05, 0) is 30.2 Å². The van der Waals surface area contributed by atoms with Crippen molar-refractivity contribution < 1.29 is 22.7 Å². The van der Waals surface area contributed by atoms with Gasteiger partial charge in [0.1, 0.15) is 5.41 Å². The Labute approximate surface area is 101 Å². The molecular formula is C12H10F3NO2.